The van der Waals surface area contributed by atoms with Crippen LogP contribution in [0.3, 0.4) is 0 Å². The minimum atomic E-state index is 0.190. The summed E-state index contributed by atoms with van der Waals surface area (Å²) in [4.78, 5) is 4.66. The predicted molar refractivity (Wildman–Crippen MR) is 50.1 cm³/mol. The smallest absolute Gasteiger partial charge is 0.0554 e. The van der Waals surface area contributed by atoms with Crippen molar-refractivity contribution >= 4 is 5.71 Å². The molecular formula is C10H19N. The van der Waals surface area contributed by atoms with Gasteiger partial charge in [-0.15, -0.1) is 0 Å². The van der Waals surface area contributed by atoms with Crippen molar-refractivity contribution in [2.45, 2.75) is 46.6 Å². The molecule has 1 rings (SSSR count). The van der Waals surface area contributed by atoms with Crippen molar-refractivity contribution in [3.8, 4) is 0 Å². The van der Waals surface area contributed by atoms with Gasteiger partial charge in [0.25, 0.3) is 0 Å². The molecule has 11 heavy (non-hydrogen) atoms. The molecule has 0 bridgehead atoms. The van der Waals surface area contributed by atoms with E-state index >= 15 is 0 Å². The van der Waals surface area contributed by atoms with Crippen LogP contribution in [0.2, 0.25) is 0 Å². The number of hydrogen-bond acceptors (Lipinski definition) is 1. The van der Waals surface area contributed by atoms with Gasteiger partial charge in [-0.2, -0.15) is 0 Å². The van der Waals surface area contributed by atoms with E-state index in [0.29, 0.717) is 5.92 Å². The van der Waals surface area contributed by atoms with Crippen molar-refractivity contribution < 1.29 is 0 Å². The average molecular weight is 153 g/mol. The summed E-state index contributed by atoms with van der Waals surface area (Å²) in [5, 5.41) is 0. The molecule has 0 amide bonds. The highest BCUT2D eigenvalue weighted by Crippen LogP contribution is 2.31. The highest BCUT2D eigenvalue weighted by Gasteiger charge is 2.29. The van der Waals surface area contributed by atoms with E-state index in [1.165, 1.54) is 12.1 Å². The summed E-state index contributed by atoms with van der Waals surface area (Å²) in [5.74, 6) is 1.48. The third-order valence-electron chi connectivity index (χ3n) is 2.81. The minimum absolute atomic E-state index is 0.190. The zero-order chi connectivity index (χ0) is 8.65. The minimum Gasteiger partial charge on any atom is -0.288 e. The van der Waals surface area contributed by atoms with E-state index in [1.807, 2.05) is 0 Å². The van der Waals surface area contributed by atoms with Crippen molar-refractivity contribution in [2.24, 2.45) is 16.8 Å². The fraction of sp³-hybridized carbons (Fsp3) is 0.900. The monoisotopic (exact) mass is 153 g/mol. The molecule has 1 nitrogen and oxygen atoms in total. The summed E-state index contributed by atoms with van der Waals surface area (Å²) in [5.41, 5.74) is 1.52. The van der Waals surface area contributed by atoms with E-state index in [9.17, 15) is 0 Å². The standard InChI is InChI=1S/C10H19N/c1-7-6-10(4,5)11-9(3)8(7)2/h7-8H,6H2,1-5H3. The highest BCUT2D eigenvalue weighted by molar-refractivity contribution is 5.85. The SMILES string of the molecule is CC1=NC(C)(C)CC(C)C1C. The molecule has 0 saturated carbocycles. The van der Waals surface area contributed by atoms with Gasteiger partial charge in [0.1, 0.15) is 0 Å². The van der Waals surface area contributed by atoms with E-state index in [1.54, 1.807) is 0 Å². The molecule has 1 heterocycles. The molecular weight excluding hydrogens is 134 g/mol. The van der Waals surface area contributed by atoms with Crippen molar-refractivity contribution in [1.29, 1.82) is 0 Å². The lowest BCUT2D eigenvalue weighted by Gasteiger charge is -2.34. The second-order valence-corrected chi connectivity index (χ2v) is 4.54. The largest absolute Gasteiger partial charge is 0.288 e. The molecule has 0 aromatic heterocycles. The van der Waals surface area contributed by atoms with Gasteiger partial charge in [-0.3, -0.25) is 4.99 Å². The van der Waals surface area contributed by atoms with Gasteiger partial charge in [0.05, 0.1) is 5.54 Å². The Hall–Kier alpha value is -0.330. The Kier molecular flexibility index (Phi) is 2.08. The maximum Gasteiger partial charge on any atom is 0.0554 e. The van der Waals surface area contributed by atoms with Gasteiger partial charge in [0.15, 0.2) is 0 Å². The first kappa shape index (κ1) is 8.76. The van der Waals surface area contributed by atoms with Crippen molar-refractivity contribution in [3.05, 3.63) is 0 Å². The van der Waals surface area contributed by atoms with Crippen LogP contribution in [0.1, 0.15) is 41.0 Å². The number of hydrogen-bond donors (Lipinski definition) is 0. The van der Waals surface area contributed by atoms with Crippen LogP contribution >= 0.6 is 0 Å². The fourth-order valence-electron chi connectivity index (χ4n) is 2.00. The van der Waals surface area contributed by atoms with Gasteiger partial charge >= 0.3 is 0 Å². The topological polar surface area (TPSA) is 12.4 Å². The number of nitrogens with zero attached hydrogens (tertiary/aromatic N) is 1. The van der Waals surface area contributed by atoms with Crippen LogP contribution in [0.25, 0.3) is 0 Å². The predicted octanol–water partition coefficient (Wildman–Crippen LogP) is 2.90. The van der Waals surface area contributed by atoms with E-state index in [-0.39, 0.29) is 5.54 Å². The number of rotatable bonds is 0. The van der Waals surface area contributed by atoms with E-state index in [0.717, 1.165) is 5.92 Å². The fourth-order valence-corrected chi connectivity index (χ4v) is 2.00. The second kappa shape index (κ2) is 2.62. The molecule has 0 spiro atoms. The van der Waals surface area contributed by atoms with Crippen LogP contribution in [0.4, 0.5) is 0 Å². The Morgan fingerprint density at radius 3 is 2.36 bits per heavy atom. The first-order valence-electron chi connectivity index (χ1n) is 4.49. The van der Waals surface area contributed by atoms with E-state index < -0.39 is 0 Å². The van der Waals surface area contributed by atoms with Crippen molar-refractivity contribution in [1.82, 2.24) is 0 Å². The molecule has 1 aliphatic rings. The summed E-state index contributed by atoms with van der Waals surface area (Å²) in [6.07, 6.45) is 1.23. The molecule has 0 aliphatic carbocycles. The molecule has 0 fully saturated rings. The van der Waals surface area contributed by atoms with Gasteiger partial charge < -0.3 is 0 Å². The van der Waals surface area contributed by atoms with Crippen LogP contribution in [0.5, 0.6) is 0 Å². The highest BCUT2D eigenvalue weighted by atomic mass is 14.9. The molecule has 0 aromatic rings. The first-order valence-corrected chi connectivity index (χ1v) is 4.49. The van der Waals surface area contributed by atoms with E-state index in [4.69, 9.17) is 0 Å². The van der Waals surface area contributed by atoms with Gasteiger partial charge in [0, 0.05) is 5.71 Å². The molecule has 2 unspecified atom stereocenters. The molecule has 0 N–H and O–H groups in total. The summed E-state index contributed by atoms with van der Waals surface area (Å²) in [6.45, 7) is 11.2. The maximum absolute atomic E-state index is 4.66. The van der Waals surface area contributed by atoms with Gasteiger partial charge in [-0.25, -0.2) is 0 Å². The van der Waals surface area contributed by atoms with Crippen LogP contribution in [-0.2, 0) is 0 Å². The van der Waals surface area contributed by atoms with Crippen LogP contribution in [0.15, 0.2) is 4.99 Å². The lowest BCUT2D eigenvalue weighted by Crippen LogP contribution is -2.33. The van der Waals surface area contributed by atoms with Gasteiger partial charge in [0.2, 0.25) is 0 Å². The van der Waals surface area contributed by atoms with Gasteiger partial charge in [-0.05, 0) is 39.0 Å². The molecule has 2 atom stereocenters. The summed E-state index contributed by atoms with van der Waals surface area (Å²) in [7, 11) is 0. The maximum atomic E-state index is 4.66. The first-order chi connectivity index (χ1) is 4.92. The lowest BCUT2D eigenvalue weighted by atomic mass is 9.79. The molecule has 0 radical (unpaired) electrons. The molecule has 0 aromatic carbocycles. The second-order valence-electron chi connectivity index (χ2n) is 4.54. The Morgan fingerprint density at radius 2 is 1.91 bits per heavy atom. The zero-order valence-corrected chi connectivity index (χ0v) is 8.31. The molecule has 64 valence electrons. The Balaban J connectivity index is 2.85. The van der Waals surface area contributed by atoms with Crippen LogP contribution < -0.4 is 0 Å². The third kappa shape index (κ3) is 1.82. The lowest BCUT2D eigenvalue weighted by molar-refractivity contribution is 0.317. The molecule has 1 heteroatoms. The Morgan fingerprint density at radius 1 is 1.36 bits per heavy atom. The molecule has 0 saturated heterocycles. The summed E-state index contributed by atoms with van der Waals surface area (Å²) >= 11 is 0. The third-order valence-corrected chi connectivity index (χ3v) is 2.81. The summed E-state index contributed by atoms with van der Waals surface area (Å²) in [6, 6.07) is 0. The van der Waals surface area contributed by atoms with Crippen LogP contribution in [0, 0.1) is 11.8 Å². The number of aliphatic imine (C=N–C) groups is 1. The molecule has 1 aliphatic heterocycles. The van der Waals surface area contributed by atoms with E-state index in [2.05, 4.69) is 39.6 Å². The Labute approximate surface area is 69.9 Å². The Bertz CT molecular complexity index is 179. The average Bonchev–Trinajstić information content (AvgIpc) is 1.81. The van der Waals surface area contributed by atoms with Crippen LogP contribution in [-0.4, -0.2) is 11.3 Å². The van der Waals surface area contributed by atoms with Crippen molar-refractivity contribution in [2.75, 3.05) is 0 Å². The van der Waals surface area contributed by atoms with Crippen molar-refractivity contribution in [3.63, 3.8) is 0 Å². The quantitative estimate of drug-likeness (QED) is 0.507. The summed E-state index contributed by atoms with van der Waals surface area (Å²) < 4.78 is 0. The normalized spacial score (nSPS) is 36.6. The zero-order valence-electron chi connectivity index (χ0n) is 8.31. The van der Waals surface area contributed by atoms with Gasteiger partial charge in [-0.1, -0.05) is 13.8 Å².